The Kier molecular flexibility index (Phi) is 31.9. The average molecular weight is 1380 g/mol. The summed E-state index contributed by atoms with van der Waals surface area (Å²) in [6.07, 6.45) is 0.787. The van der Waals surface area contributed by atoms with Crippen LogP contribution in [0, 0.1) is 23.7 Å². The van der Waals surface area contributed by atoms with Crippen molar-refractivity contribution in [2.24, 2.45) is 23.7 Å². The number of carbonyl (C=O) groups is 12. The molecule has 26 heteroatoms. The Morgan fingerprint density at radius 2 is 1.06 bits per heavy atom. The lowest BCUT2D eigenvalue weighted by Crippen LogP contribution is -2.62. The maximum Gasteiger partial charge on any atom is 0.248 e. The van der Waals surface area contributed by atoms with Crippen LogP contribution >= 0.6 is 11.6 Å². The minimum absolute atomic E-state index is 0.0238. The van der Waals surface area contributed by atoms with Gasteiger partial charge in [0.2, 0.25) is 70.9 Å². The first kappa shape index (κ1) is 81.8. The number of hydrogen-bond donors (Lipinski definition) is 5. The molecule has 97 heavy (non-hydrogen) atoms. The number of amides is 12. The lowest BCUT2D eigenvalue weighted by Gasteiger charge is -2.38. The van der Waals surface area contributed by atoms with Gasteiger partial charge in [0.05, 0.1) is 19.1 Å². The van der Waals surface area contributed by atoms with Gasteiger partial charge in [0, 0.05) is 73.9 Å². The van der Waals surface area contributed by atoms with Gasteiger partial charge in [-0.2, -0.15) is 0 Å². The molecular weight excluding hydrogens is 1260 g/mol. The van der Waals surface area contributed by atoms with Crippen molar-refractivity contribution in [3.05, 3.63) is 70.7 Å². The maximum atomic E-state index is 15.2. The molecule has 4 rings (SSSR count). The molecule has 2 fully saturated rings. The van der Waals surface area contributed by atoms with Gasteiger partial charge in [-0.1, -0.05) is 122 Å². The van der Waals surface area contributed by atoms with Crippen molar-refractivity contribution in [3.63, 3.8) is 0 Å². The molecule has 2 aromatic rings. The van der Waals surface area contributed by atoms with Crippen LogP contribution in [0.1, 0.15) is 145 Å². The van der Waals surface area contributed by atoms with Gasteiger partial charge in [0.25, 0.3) is 0 Å². The standard InChI is InChI=1S/C71H111ClN12O13/c1-19-45(8)61-65(91)76-60(48(11)85)71(97)77(12)41-59(87)79(14)54(36-42(2)3)64(90)75-53(68(94)84-34-26-21-27-35-84)40-58(86)78(13)47(10)62(88)74-52(33-32-50-30-24-25-31-51(50)72)67(93)82(17)56(38-44(6)7)69(95)80(15)55(37-43(4)5)63(89)73-46(9)66(92)81(16)57(70(96)83(61)18)39-49-28-22-20-23-29-49/h20,22-25,28-31,42-48,52-57,60-61,85H,19,21,26-27,32-41H2,1-18H3,(H,73,89)(H,74,88)(H,75,90)(H,76,91)/t45-,46-,47-,48+,52-,53-,54-,55-,56-,57-,60-,61-/m0/s1. The summed E-state index contributed by atoms with van der Waals surface area (Å²) >= 11 is 6.63. The van der Waals surface area contributed by atoms with Gasteiger partial charge in [-0.25, -0.2) is 0 Å². The van der Waals surface area contributed by atoms with E-state index in [-0.39, 0.29) is 56.3 Å². The minimum atomic E-state index is -1.66. The number of likely N-dealkylation sites (tertiary alicyclic amines) is 1. The van der Waals surface area contributed by atoms with E-state index in [1.165, 1.54) is 89.7 Å². The molecule has 0 aromatic heterocycles. The third kappa shape index (κ3) is 22.7. The predicted octanol–water partition coefficient (Wildman–Crippen LogP) is 3.90. The number of rotatable bonds is 15. The summed E-state index contributed by atoms with van der Waals surface area (Å²) in [5.74, 6) is -9.84. The molecule has 12 atom stereocenters. The van der Waals surface area contributed by atoms with E-state index < -0.39 is 156 Å². The summed E-state index contributed by atoms with van der Waals surface area (Å²) in [7, 11) is 9.71. The number of likely N-dealkylation sites (N-methyl/N-ethyl adjacent to an activating group) is 7. The van der Waals surface area contributed by atoms with Crippen molar-refractivity contribution in [3.8, 4) is 0 Å². The summed E-state index contributed by atoms with van der Waals surface area (Å²) < 4.78 is 0. The van der Waals surface area contributed by atoms with Gasteiger partial charge in [0.15, 0.2) is 0 Å². The molecular formula is C71H111ClN12O13. The Labute approximate surface area is 579 Å². The molecule has 2 saturated heterocycles. The Balaban J connectivity index is 1.93. The number of piperidine rings is 1. The second kappa shape index (κ2) is 37.9. The summed E-state index contributed by atoms with van der Waals surface area (Å²) in [6.45, 7) is 18.9. The Hall–Kier alpha value is -7.67. The molecule has 25 nitrogen and oxygen atoms in total. The topological polar surface area (TPSA) is 299 Å². The van der Waals surface area contributed by atoms with Gasteiger partial charge in [-0.15, -0.1) is 0 Å². The third-order valence-corrected chi connectivity index (χ3v) is 19.2. The molecule has 0 bridgehead atoms. The van der Waals surface area contributed by atoms with Crippen LogP contribution in [0.15, 0.2) is 54.6 Å². The number of aliphatic hydroxyl groups is 1. The van der Waals surface area contributed by atoms with Crippen molar-refractivity contribution in [1.29, 1.82) is 0 Å². The fraction of sp³-hybridized carbons (Fsp3) is 0.662. The van der Waals surface area contributed by atoms with Gasteiger partial charge in [-0.3, -0.25) is 57.5 Å². The van der Waals surface area contributed by atoms with E-state index in [1.807, 2.05) is 41.5 Å². The third-order valence-electron chi connectivity index (χ3n) is 18.9. The molecule has 5 N–H and O–H groups in total. The summed E-state index contributed by atoms with van der Waals surface area (Å²) in [4.78, 5) is 187. The largest absolute Gasteiger partial charge is 0.391 e. The van der Waals surface area contributed by atoms with E-state index >= 15 is 14.4 Å². The van der Waals surface area contributed by atoms with Crippen LogP contribution in [0.5, 0.6) is 0 Å². The number of aliphatic hydroxyl groups excluding tert-OH is 1. The molecule has 2 aromatic carbocycles. The smallest absolute Gasteiger partial charge is 0.248 e. The molecule has 0 saturated carbocycles. The fourth-order valence-electron chi connectivity index (χ4n) is 12.4. The molecule has 0 radical (unpaired) electrons. The molecule has 2 aliphatic heterocycles. The quantitative estimate of drug-likeness (QED) is 0.169. The number of halogens is 1. The summed E-state index contributed by atoms with van der Waals surface area (Å²) in [6, 6.07) is 2.52. The number of nitrogens with one attached hydrogen (secondary N) is 4. The average Bonchev–Trinajstić information content (AvgIpc) is 0.820. The fourth-order valence-corrected chi connectivity index (χ4v) is 12.6. The van der Waals surface area contributed by atoms with E-state index in [2.05, 4.69) is 21.3 Å². The first-order chi connectivity index (χ1) is 45.4. The number of benzene rings is 2. The number of aryl methyl sites for hydroxylation is 1. The molecule has 2 heterocycles. The zero-order chi connectivity index (χ0) is 73.0. The van der Waals surface area contributed by atoms with Crippen LogP contribution in [0.25, 0.3) is 0 Å². The van der Waals surface area contributed by atoms with Crippen LogP contribution in [0.4, 0.5) is 0 Å². The zero-order valence-corrected chi connectivity index (χ0v) is 61.3. The summed E-state index contributed by atoms with van der Waals surface area (Å²) in [5.41, 5.74) is 1.32. The molecule has 0 unspecified atom stereocenters. The highest BCUT2D eigenvalue weighted by atomic mass is 35.5. The van der Waals surface area contributed by atoms with E-state index in [4.69, 9.17) is 11.6 Å². The first-order valence-electron chi connectivity index (χ1n) is 34.2. The highest BCUT2D eigenvalue weighted by Gasteiger charge is 2.44. The first-order valence-corrected chi connectivity index (χ1v) is 34.6. The Bertz CT molecular complexity index is 3050. The SMILES string of the molecule is CC[C@H](C)[C@H]1C(=O)N[C@@H]([C@@H](C)O)C(=O)N(C)CC(=O)N(C)[C@@H](CC(C)C)C(=O)N[C@H](C(=O)N2CCCCC2)CC(=O)N(C)[C@@H](C)C(=O)N[C@@H](CCc2ccccc2Cl)C(=O)N(C)[C@@H](CC(C)C)C(=O)N(C)[C@@H](CC(C)C)C(=O)N[C@@H](C)C(=O)N(C)[C@@H](Cc2ccccc2)C(=O)N1C. The van der Waals surface area contributed by atoms with Gasteiger partial charge in [-0.05, 0) is 113 Å². The van der Waals surface area contributed by atoms with E-state index in [9.17, 15) is 48.3 Å². The summed E-state index contributed by atoms with van der Waals surface area (Å²) in [5, 5.41) is 22.7. The van der Waals surface area contributed by atoms with E-state index in [0.29, 0.717) is 48.5 Å². The van der Waals surface area contributed by atoms with Gasteiger partial charge < -0.3 is 65.6 Å². The number of carbonyl (C=O) groups excluding carboxylic acids is 12. The highest BCUT2D eigenvalue weighted by Crippen LogP contribution is 2.25. The Morgan fingerprint density at radius 1 is 0.546 bits per heavy atom. The van der Waals surface area contributed by atoms with Crippen molar-refractivity contribution >= 4 is 82.5 Å². The Morgan fingerprint density at radius 3 is 1.62 bits per heavy atom. The molecule has 0 spiro atoms. The molecule has 540 valence electrons. The van der Waals surface area contributed by atoms with Crippen LogP contribution in [0.3, 0.4) is 0 Å². The van der Waals surface area contributed by atoms with Crippen LogP contribution in [0.2, 0.25) is 5.02 Å². The second-order valence-corrected chi connectivity index (χ2v) is 28.4. The number of hydrogen-bond acceptors (Lipinski definition) is 13. The van der Waals surface area contributed by atoms with Crippen LogP contribution in [-0.2, 0) is 70.4 Å². The monoisotopic (exact) mass is 1370 g/mol. The van der Waals surface area contributed by atoms with Crippen LogP contribution < -0.4 is 21.3 Å². The molecule has 12 amide bonds. The van der Waals surface area contributed by atoms with Crippen molar-refractivity contribution < 1.29 is 62.6 Å². The molecule has 0 aliphatic carbocycles. The zero-order valence-electron chi connectivity index (χ0n) is 60.6. The van der Waals surface area contributed by atoms with Gasteiger partial charge >= 0.3 is 0 Å². The van der Waals surface area contributed by atoms with Crippen molar-refractivity contribution in [2.45, 2.75) is 213 Å². The normalized spacial score (nSPS) is 25.7. The minimum Gasteiger partial charge on any atom is -0.391 e. The number of nitrogens with zero attached hydrogens (tertiary/aromatic N) is 8. The van der Waals surface area contributed by atoms with Crippen molar-refractivity contribution in [1.82, 2.24) is 60.5 Å². The van der Waals surface area contributed by atoms with E-state index in [0.717, 1.165) is 21.1 Å². The molecule has 2 aliphatic rings. The lowest BCUT2D eigenvalue weighted by molar-refractivity contribution is -0.152. The van der Waals surface area contributed by atoms with Crippen LogP contribution in [-0.4, -0.2) is 251 Å². The van der Waals surface area contributed by atoms with Gasteiger partial charge in [0.1, 0.15) is 60.4 Å². The predicted molar refractivity (Wildman–Crippen MR) is 371 cm³/mol. The maximum absolute atomic E-state index is 15.2. The second-order valence-electron chi connectivity index (χ2n) is 27.9. The lowest BCUT2D eigenvalue weighted by atomic mass is 9.94. The van der Waals surface area contributed by atoms with Crippen molar-refractivity contribution in [2.75, 3.05) is 69.0 Å². The van der Waals surface area contributed by atoms with E-state index in [1.54, 1.807) is 73.3 Å². The highest BCUT2D eigenvalue weighted by molar-refractivity contribution is 6.31.